The highest BCUT2D eigenvalue weighted by Crippen LogP contribution is 2.38. The van der Waals surface area contributed by atoms with Crippen LogP contribution in [0.2, 0.25) is 0 Å². The van der Waals surface area contributed by atoms with Crippen LogP contribution < -0.4 is 0 Å². The Bertz CT molecular complexity index is 1260. The van der Waals surface area contributed by atoms with Gasteiger partial charge in [-0.2, -0.15) is 5.26 Å². The molecule has 1 heterocycles. The average Bonchev–Trinajstić information content (AvgIpc) is 3.23. The van der Waals surface area contributed by atoms with Crippen molar-refractivity contribution in [2.45, 2.75) is 46.5 Å². The van der Waals surface area contributed by atoms with Crippen molar-refractivity contribution in [3.8, 4) is 34.4 Å². The molecule has 0 aliphatic rings. The summed E-state index contributed by atoms with van der Waals surface area (Å²) in [5.41, 5.74) is 8.94. The summed E-state index contributed by atoms with van der Waals surface area (Å²) in [4.78, 5) is 4.92. The Hall–Kier alpha value is -3.64. The smallest absolute Gasteiger partial charge is 0.145 e. The molecule has 3 aromatic carbocycles. The van der Waals surface area contributed by atoms with Gasteiger partial charge in [-0.15, -0.1) is 0 Å². The summed E-state index contributed by atoms with van der Waals surface area (Å²) < 4.78 is 2.33. The molecule has 0 spiro atoms. The molecular formula is C29H29N3. The van der Waals surface area contributed by atoms with Crippen molar-refractivity contribution in [3.63, 3.8) is 0 Å². The van der Waals surface area contributed by atoms with Gasteiger partial charge in [-0.25, -0.2) is 4.98 Å². The van der Waals surface area contributed by atoms with Crippen LogP contribution in [0, 0.1) is 18.3 Å². The maximum absolute atomic E-state index is 9.24. The summed E-state index contributed by atoms with van der Waals surface area (Å²) in [6, 6.07) is 25.0. The highest BCUT2D eigenvalue weighted by molar-refractivity contribution is 5.73. The van der Waals surface area contributed by atoms with Gasteiger partial charge in [0.05, 0.1) is 29.2 Å². The molecule has 0 saturated carbocycles. The van der Waals surface area contributed by atoms with Crippen LogP contribution in [0.15, 0.2) is 72.9 Å². The zero-order valence-corrected chi connectivity index (χ0v) is 19.4. The lowest BCUT2D eigenvalue weighted by atomic mass is 9.92. The number of nitriles is 1. The number of aryl methyl sites for hydroxylation is 1. The lowest BCUT2D eigenvalue weighted by molar-refractivity contribution is 0.808. The molecule has 3 nitrogen and oxygen atoms in total. The van der Waals surface area contributed by atoms with Crippen LogP contribution in [-0.2, 0) is 0 Å². The van der Waals surface area contributed by atoms with Crippen LogP contribution in [-0.4, -0.2) is 9.55 Å². The third-order valence-corrected chi connectivity index (χ3v) is 6.02. The van der Waals surface area contributed by atoms with Crippen molar-refractivity contribution in [2.24, 2.45) is 0 Å². The first kappa shape index (κ1) is 21.6. The lowest BCUT2D eigenvalue weighted by Gasteiger charge is -2.24. The topological polar surface area (TPSA) is 41.6 Å². The van der Waals surface area contributed by atoms with Crippen molar-refractivity contribution in [1.82, 2.24) is 9.55 Å². The van der Waals surface area contributed by atoms with Gasteiger partial charge in [0.2, 0.25) is 0 Å². The molecule has 1 aromatic heterocycles. The number of imidazole rings is 1. The highest BCUT2D eigenvalue weighted by atomic mass is 15.1. The summed E-state index contributed by atoms with van der Waals surface area (Å²) in [5.74, 6) is 1.62. The second-order valence-electron chi connectivity index (χ2n) is 8.90. The monoisotopic (exact) mass is 419 g/mol. The number of rotatable bonds is 5. The van der Waals surface area contributed by atoms with Crippen LogP contribution in [0.5, 0.6) is 0 Å². The number of nitrogens with zero attached hydrogens (tertiary/aromatic N) is 3. The van der Waals surface area contributed by atoms with E-state index in [0.717, 1.165) is 17.1 Å². The maximum atomic E-state index is 9.24. The third kappa shape index (κ3) is 3.85. The van der Waals surface area contributed by atoms with E-state index in [1.54, 1.807) is 0 Å². The fraction of sp³-hybridized carbons (Fsp3) is 0.241. The predicted molar refractivity (Wildman–Crippen MR) is 132 cm³/mol. The van der Waals surface area contributed by atoms with E-state index in [1.165, 1.54) is 27.9 Å². The van der Waals surface area contributed by atoms with Gasteiger partial charge in [0.1, 0.15) is 5.82 Å². The zero-order valence-electron chi connectivity index (χ0n) is 19.4. The summed E-state index contributed by atoms with van der Waals surface area (Å²) in [5, 5.41) is 9.24. The van der Waals surface area contributed by atoms with Gasteiger partial charge >= 0.3 is 0 Å². The number of aromatic nitrogens is 2. The number of hydrogen-bond donors (Lipinski definition) is 0. The van der Waals surface area contributed by atoms with Crippen molar-refractivity contribution in [2.75, 3.05) is 0 Å². The van der Waals surface area contributed by atoms with Crippen LogP contribution in [0.3, 0.4) is 0 Å². The van der Waals surface area contributed by atoms with Gasteiger partial charge in [0.15, 0.2) is 0 Å². The number of hydrogen-bond acceptors (Lipinski definition) is 2. The van der Waals surface area contributed by atoms with E-state index < -0.39 is 0 Å². The van der Waals surface area contributed by atoms with Crippen LogP contribution in [0.1, 0.15) is 61.8 Å². The molecule has 0 atom stereocenters. The molecule has 0 aliphatic heterocycles. The van der Waals surface area contributed by atoms with Crippen LogP contribution >= 0.6 is 0 Å². The van der Waals surface area contributed by atoms with Crippen molar-refractivity contribution >= 4 is 0 Å². The summed E-state index contributed by atoms with van der Waals surface area (Å²) in [6.45, 7) is 11.1. The van der Waals surface area contributed by atoms with E-state index in [4.69, 9.17) is 4.98 Å². The molecule has 0 aliphatic carbocycles. The Labute approximate surface area is 191 Å². The van der Waals surface area contributed by atoms with Crippen molar-refractivity contribution < 1.29 is 0 Å². The van der Waals surface area contributed by atoms with Crippen LogP contribution in [0.25, 0.3) is 28.3 Å². The van der Waals surface area contributed by atoms with E-state index in [0.29, 0.717) is 17.4 Å². The van der Waals surface area contributed by atoms with Gasteiger partial charge in [-0.3, -0.25) is 4.57 Å². The van der Waals surface area contributed by atoms with Gasteiger partial charge < -0.3 is 0 Å². The molecule has 0 radical (unpaired) electrons. The van der Waals surface area contributed by atoms with Crippen molar-refractivity contribution in [1.29, 1.82) is 5.26 Å². The Morgan fingerprint density at radius 1 is 0.812 bits per heavy atom. The molecule has 3 heteroatoms. The standard InChI is InChI=1S/C29H29N3/c1-19(2)24-11-8-12-25(20(3)4)28(24)32-27(26-10-7-6-9-21(26)5)18-31-29(32)23-15-13-22(17-30)14-16-23/h6-16,18-20H,1-5H3. The largest absolute Gasteiger partial charge is 0.292 e. The molecular weight excluding hydrogens is 390 g/mol. The molecule has 0 bridgehead atoms. The molecule has 4 rings (SSSR count). The second kappa shape index (κ2) is 8.85. The van der Waals surface area contributed by atoms with E-state index in [-0.39, 0.29) is 0 Å². The Morgan fingerprint density at radius 3 is 2.00 bits per heavy atom. The minimum atomic E-state index is 0.365. The first-order chi connectivity index (χ1) is 15.4. The predicted octanol–water partition coefficient (Wildman–Crippen LogP) is 7.63. The molecule has 32 heavy (non-hydrogen) atoms. The minimum Gasteiger partial charge on any atom is -0.292 e. The highest BCUT2D eigenvalue weighted by Gasteiger charge is 2.23. The molecule has 0 saturated heterocycles. The quantitative estimate of drug-likeness (QED) is 0.333. The Kier molecular flexibility index (Phi) is 5.97. The Morgan fingerprint density at radius 2 is 1.44 bits per heavy atom. The first-order valence-electron chi connectivity index (χ1n) is 11.2. The average molecular weight is 420 g/mol. The van der Waals surface area contributed by atoms with Gasteiger partial charge in [-0.05, 0) is 59.7 Å². The zero-order chi connectivity index (χ0) is 22.8. The van der Waals surface area contributed by atoms with E-state index in [2.05, 4.69) is 87.7 Å². The van der Waals surface area contributed by atoms with E-state index >= 15 is 0 Å². The number of benzene rings is 3. The Balaban J connectivity index is 2.10. The maximum Gasteiger partial charge on any atom is 0.145 e. The van der Waals surface area contributed by atoms with Crippen molar-refractivity contribution in [3.05, 3.63) is 95.2 Å². The van der Waals surface area contributed by atoms with Gasteiger partial charge in [-0.1, -0.05) is 70.2 Å². The normalized spacial score (nSPS) is 11.2. The third-order valence-electron chi connectivity index (χ3n) is 6.02. The molecule has 0 N–H and O–H groups in total. The SMILES string of the molecule is Cc1ccccc1-c1cnc(-c2ccc(C#N)cc2)n1-c1c(C(C)C)cccc1C(C)C. The van der Waals surface area contributed by atoms with Gasteiger partial charge in [0, 0.05) is 11.1 Å². The summed E-state index contributed by atoms with van der Waals surface area (Å²) in [6.07, 6.45) is 1.98. The summed E-state index contributed by atoms with van der Waals surface area (Å²) in [7, 11) is 0. The molecule has 0 amide bonds. The first-order valence-corrected chi connectivity index (χ1v) is 11.2. The second-order valence-corrected chi connectivity index (χ2v) is 8.90. The lowest BCUT2D eigenvalue weighted by Crippen LogP contribution is -2.10. The molecule has 0 unspecified atom stereocenters. The minimum absolute atomic E-state index is 0.365. The van der Waals surface area contributed by atoms with Crippen LogP contribution in [0.4, 0.5) is 0 Å². The van der Waals surface area contributed by atoms with Gasteiger partial charge in [0.25, 0.3) is 0 Å². The summed E-state index contributed by atoms with van der Waals surface area (Å²) >= 11 is 0. The fourth-order valence-corrected chi connectivity index (χ4v) is 4.30. The fourth-order valence-electron chi connectivity index (χ4n) is 4.30. The molecule has 4 aromatic rings. The molecule has 0 fully saturated rings. The van der Waals surface area contributed by atoms with E-state index in [1.807, 2.05) is 30.5 Å². The molecule has 160 valence electrons. The number of para-hydroxylation sites is 1. The van der Waals surface area contributed by atoms with E-state index in [9.17, 15) is 5.26 Å².